The lowest BCUT2D eigenvalue weighted by Crippen LogP contribution is -1.94. The summed E-state index contributed by atoms with van der Waals surface area (Å²) in [6.45, 7) is 2.07. The van der Waals surface area contributed by atoms with Gasteiger partial charge in [0.05, 0.1) is 11.1 Å². The zero-order valence-corrected chi connectivity index (χ0v) is 20.4. The molecule has 0 unspecified atom stereocenters. The van der Waals surface area contributed by atoms with Crippen molar-refractivity contribution in [3.8, 4) is 28.4 Å². The molecule has 0 aromatic heterocycles. The number of aromatic hydroxyl groups is 3. The summed E-state index contributed by atoms with van der Waals surface area (Å²) in [5.41, 5.74) is 3.91. The molecule has 0 radical (unpaired) electrons. The van der Waals surface area contributed by atoms with Gasteiger partial charge in [-0.1, -0.05) is 60.2 Å². The van der Waals surface area contributed by atoms with E-state index >= 15 is 0 Å². The highest BCUT2D eigenvalue weighted by molar-refractivity contribution is 5.94. The van der Waals surface area contributed by atoms with Crippen molar-refractivity contribution >= 4 is 22.7 Å². The normalized spacial score (nSPS) is 9.92. The fraction of sp³-hybridized carbons (Fsp3) is 0.0323. The topological polar surface area (TPSA) is 135 Å². The summed E-state index contributed by atoms with van der Waals surface area (Å²) in [6.07, 6.45) is 0. The number of hydrogen-bond donors (Lipinski definition) is 5. The molecule has 5 N–H and O–H groups in total. The molecule has 5 aromatic rings. The third kappa shape index (κ3) is 7.86. The minimum absolute atomic E-state index is 0.0279. The van der Waals surface area contributed by atoms with Crippen molar-refractivity contribution < 1.29 is 35.1 Å². The van der Waals surface area contributed by atoms with Gasteiger partial charge in [0.25, 0.3) is 0 Å². The number of benzene rings is 5. The highest BCUT2D eigenvalue weighted by Crippen LogP contribution is 2.22. The molecule has 0 saturated carbocycles. The number of rotatable bonds is 3. The van der Waals surface area contributed by atoms with E-state index in [0.717, 1.165) is 16.3 Å². The zero-order chi connectivity index (χ0) is 27.7. The lowest BCUT2D eigenvalue weighted by molar-refractivity contribution is 0.0686. The third-order valence-electron chi connectivity index (χ3n) is 5.42. The number of carboxylic acid groups (broad SMARTS) is 2. The molecule has 0 fully saturated rings. The van der Waals surface area contributed by atoms with Crippen molar-refractivity contribution in [1.82, 2.24) is 0 Å². The maximum atomic E-state index is 10.7. The number of aromatic carboxylic acids is 2. The molecule has 0 aliphatic rings. The summed E-state index contributed by atoms with van der Waals surface area (Å²) in [5.74, 6) is -1.52. The molecule has 0 spiro atoms. The summed E-state index contributed by atoms with van der Waals surface area (Å²) < 4.78 is 0. The van der Waals surface area contributed by atoms with Gasteiger partial charge in [-0.05, 0) is 83.4 Å². The van der Waals surface area contributed by atoms with Crippen LogP contribution in [0.15, 0.2) is 109 Å². The van der Waals surface area contributed by atoms with Crippen molar-refractivity contribution in [2.75, 3.05) is 0 Å². The van der Waals surface area contributed by atoms with E-state index in [1.165, 1.54) is 47.5 Å². The average molecular weight is 511 g/mol. The van der Waals surface area contributed by atoms with Crippen LogP contribution in [0, 0.1) is 6.92 Å². The van der Waals surface area contributed by atoms with E-state index in [1.54, 1.807) is 36.4 Å². The SMILES string of the molecule is Cc1ccc(-c2ccc(O)cc2)cc1.O=C(O)c1ccc2cc(O)ccc2c1.O=C(O)c1cccc(O)c1. The first-order chi connectivity index (χ1) is 18.1. The monoisotopic (exact) mass is 510 g/mol. The molecule has 0 saturated heterocycles. The summed E-state index contributed by atoms with van der Waals surface area (Å²) in [7, 11) is 0. The molecule has 0 heterocycles. The second kappa shape index (κ2) is 12.6. The Hall–Kier alpha value is -5.30. The van der Waals surface area contributed by atoms with Gasteiger partial charge in [0.1, 0.15) is 17.2 Å². The highest BCUT2D eigenvalue weighted by atomic mass is 16.4. The van der Waals surface area contributed by atoms with Crippen LogP contribution in [0.4, 0.5) is 0 Å². The molecule has 192 valence electrons. The Morgan fingerprint density at radius 1 is 0.500 bits per heavy atom. The van der Waals surface area contributed by atoms with Gasteiger partial charge in [0.15, 0.2) is 0 Å². The van der Waals surface area contributed by atoms with Crippen LogP contribution in [-0.2, 0) is 0 Å². The Morgan fingerprint density at radius 2 is 0.974 bits per heavy atom. The van der Waals surface area contributed by atoms with Gasteiger partial charge in [-0.15, -0.1) is 0 Å². The Labute approximate surface area is 219 Å². The van der Waals surface area contributed by atoms with Gasteiger partial charge in [0, 0.05) is 0 Å². The summed E-state index contributed by atoms with van der Waals surface area (Å²) in [6, 6.07) is 30.7. The van der Waals surface area contributed by atoms with Crippen LogP contribution in [0.25, 0.3) is 21.9 Å². The fourth-order valence-electron chi connectivity index (χ4n) is 3.40. The molecule has 7 heteroatoms. The van der Waals surface area contributed by atoms with Crippen LogP contribution in [0.5, 0.6) is 17.2 Å². The maximum Gasteiger partial charge on any atom is 0.335 e. The molecule has 0 amide bonds. The summed E-state index contributed by atoms with van der Waals surface area (Å²) in [4.78, 5) is 20.9. The van der Waals surface area contributed by atoms with Crippen molar-refractivity contribution in [3.63, 3.8) is 0 Å². The predicted molar refractivity (Wildman–Crippen MR) is 146 cm³/mol. The van der Waals surface area contributed by atoms with Gasteiger partial charge in [0.2, 0.25) is 0 Å². The Balaban J connectivity index is 0.000000161. The Kier molecular flexibility index (Phi) is 9.05. The van der Waals surface area contributed by atoms with Crippen LogP contribution in [0.2, 0.25) is 0 Å². The van der Waals surface area contributed by atoms with E-state index in [0.29, 0.717) is 5.75 Å². The fourth-order valence-corrected chi connectivity index (χ4v) is 3.40. The minimum Gasteiger partial charge on any atom is -0.508 e. The number of aryl methyl sites for hydroxylation is 1. The highest BCUT2D eigenvalue weighted by Gasteiger charge is 2.03. The number of phenolic OH excluding ortho intramolecular Hbond substituents is 3. The maximum absolute atomic E-state index is 10.7. The third-order valence-corrected chi connectivity index (χ3v) is 5.42. The smallest absolute Gasteiger partial charge is 0.335 e. The van der Waals surface area contributed by atoms with E-state index in [9.17, 15) is 14.7 Å². The zero-order valence-electron chi connectivity index (χ0n) is 20.4. The van der Waals surface area contributed by atoms with Crippen LogP contribution < -0.4 is 0 Å². The predicted octanol–water partition coefficient (Wildman–Crippen LogP) is 6.70. The quantitative estimate of drug-likeness (QED) is 0.182. The largest absolute Gasteiger partial charge is 0.508 e. The Bertz CT molecular complexity index is 1500. The van der Waals surface area contributed by atoms with Crippen molar-refractivity contribution in [2.45, 2.75) is 6.92 Å². The standard InChI is InChI=1S/C13H12O.C11H8O3.C7H6O3/c1-10-2-4-11(5-3-10)12-6-8-13(14)9-7-12;12-10-4-3-7-5-9(11(13)14)2-1-8(7)6-10;8-6-3-1-2-5(4-6)7(9)10/h2-9,14H,1H3;1-6,12H,(H,13,14);1-4,8H,(H,9,10). The first-order valence-corrected chi connectivity index (χ1v) is 11.5. The summed E-state index contributed by atoms with van der Waals surface area (Å²) in [5, 5.41) is 45.9. The molecule has 5 aromatic carbocycles. The second-order valence-electron chi connectivity index (χ2n) is 8.32. The van der Waals surface area contributed by atoms with Gasteiger partial charge in [-0.25, -0.2) is 9.59 Å². The number of fused-ring (bicyclic) bond motifs is 1. The number of hydrogen-bond acceptors (Lipinski definition) is 5. The molecule has 0 aliphatic heterocycles. The van der Waals surface area contributed by atoms with Crippen molar-refractivity contribution in [1.29, 1.82) is 0 Å². The molecule has 7 nitrogen and oxygen atoms in total. The number of phenols is 3. The minimum atomic E-state index is -1.03. The molecular weight excluding hydrogens is 484 g/mol. The van der Waals surface area contributed by atoms with Gasteiger partial charge >= 0.3 is 11.9 Å². The van der Waals surface area contributed by atoms with Crippen molar-refractivity contribution in [2.24, 2.45) is 0 Å². The average Bonchev–Trinajstić information content (AvgIpc) is 2.90. The van der Waals surface area contributed by atoms with E-state index in [2.05, 4.69) is 31.2 Å². The second-order valence-corrected chi connectivity index (χ2v) is 8.32. The molecule has 5 rings (SSSR count). The molecule has 0 aliphatic carbocycles. The molecular formula is C31H26O7. The molecule has 38 heavy (non-hydrogen) atoms. The number of carboxylic acids is 2. The molecule has 0 atom stereocenters. The van der Waals surface area contributed by atoms with Crippen LogP contribution >= 0.6 is 0 Å². The lowest BCUT2D eigenvalue weighted by atomic mass is 10.0. The van der Waals surface area contributed by atoms with E-state index in [1.807, 2.05) is 12.1 Å². The van der Waals surface area contributed by atoms with E-state index in [4.69, 9.17) is 20.4 Å². The van der Waals surface area contributed by atoms with Crippen LogP contribution in [-0.4, -0.2) is 37.5 Å². The van der Waals surface area contributed by atoms with Crippen molar-refractivity contribution in [3.05, 3.63) is 126 Å². The van der Waals surface area contributed by atoms with Crippen LogP contribution in [0.1, 0.15) is 26.3 Å². The summed E-state index contributed by atoms with van der Waals surface area (Å²) >= 11 is 0. The Morgan fingerprint density at radius 3 is 1.53 bits per heavy atom. The van der Waals surface area contributed by atoms with Gasteiger partial charge in [-0.3, -0.25) is 0 Å². The van der Waals surface area contributed by atoms with Gasteiger partial charge < -0.3 is 25.5 Å². The first-order valence-electron chi connectivity index (χ1n) is 11.5. The lowest BCUT2D eigenvalue weighted by Gasteiger charge is -2.01. The van der Waals surface area contributed by atoms with E-state index < -0.39 is 11.9 Å². The number of carbonyl (C=O) groups is 2. The molecule has 0 bridgehead atoms. The van der Waals surface area contributed by atoms with E-state index in [-0.39, 0.29) is 22.6 Å². The first kappa shape index (κ1) is 27.3. The van der Waals surface area contributed by atoms with Crippen LogP contribution in [0.3, 0.4) is 0 Å². The van der Waals surface area contributed by atoms with Gasteiger partial charge in [-0.2, -0.15) is 0 Å².